The van der Waals surface area contributed by atoms with Crippen molar-refractivity contribution in [3.05, 3.63) is 71.9 Å². The molecule has 4 rings (SSSR count). The van der Waals surface area contributed by atoms with Crippen LogP contribution in [0.25, 0.3) is 20.5 Å². The van der Waals surface area contributed by atoms with E-state index < -0.39 is 0 Å². The fraction of sp³-hybridized carbons (Fsp3) is 0.241. The Hall–Kier alpha value is -4.44. The summed E-state index contributed by atoms with van der Waals surface area (Å²) >= 11 is 1.53. The third kappa shape index (κ3) is 7.55. The summed E-state index contributed by atoms with van der Waals surface area (Å²) in [5.74, 6) is -0.127. The molecule has 2 aromatic carbocycles. The van der Waals surface area contributed by atoms with E-state index in [2.05, 4.69) is 25.7 Å². The number of fused-ring (bicyclic) bond motifs is 1. The predicted molar refractivity (Wildman–Crippen MR) is 156 cm³/mol. The van der Waals surface area contributed by atoms with E-state index in [9.17, 15) is 14.4 Å². The van der Waals surface area contributed by atoms with E-state index in [0.717, 1.165) is 45.5 Å². The van der Waals surface area contributed by atoms with Crippen LogP contribution in [-0.2, 0) is 9.53 Å². The van der Waals surface area contributed by atoms with E-state index in [1.54, 1.807) is 6.07 Å². The van der Waals surface area contributed by atoms with E-state index in [1.807, 2.05) is 55.5 Å². The molecule has 2 heterocycles. The Bertz CT molecular complexity index is 1500. The van der Waals surface area contributed by atoms with E-state index in [1.165, 1.54) is 24.6 Å². The smallest absolute Gasteiger partial charge is 0.323 e. The van der Waals surface area contributed by atoms with Crippen molar-refractivity contribution < 1.29 is 19.1 Å². The molecule has 0 saturated heterocycles. The molecule has 0 atom stereocenters. The minimum absolute atomic E-state index is 0.225. The zero-order chi connectivity index (χ0) is 27.8. The number of methoxy groups -OCH3 is 1. The molecule has 202 valence electrons. The van der Waals surface area contributed by atoms with Crippen molar-refractivity contribution in [2.75, 3.05) is 30.0 Å². The minimum atomic E-state index is -0.328. The van der Waals surface area contributed by atoms with Gasteiger partial charge in [0.2, 0.25) is 0 Å². The van der Waals surface area contributed by atoms with E-state index in [4.69, 9.17) is 5.73 Å². The number of aromatic nitrogens is 1. The molecule has 5 N–H and O–H groups in total. The van der Waals surface area contributed by atoms with Gasteiger partial charge in [-0.05, 0) is 73.2 Å². The van der Waals surface area contributed by atoms with Crippen LogP contribution < -0.4 is 21.7 Å². The Morgan fingerprint density at radius 1 is 0.974 bits per heavy atom. The molecule has 9 nitrogen and oxygen atoms in total. The van der Waals surface area contributed by atoms with Gasteiger partial charge in [0.1, 0.15) is 5.82 Å². The van der Waals surface area contributed by atoms with Crippen molar-refractivity contribution in [1.29, 1.82) is 0 Å². The van der Waals surface area contributed by atoms with Crippen molar-refractivity contribution in [3.8, 4) is 10.4 Å². The predicted octanol–water partition coefficient (Wildman–Crippen LogP) is 5.96. The van der Waals surface area contributed by atoms with Crippen molar-refractivity contribution in [2.24, 2.45) is 0 Å². The molecule has 10 heteroatoms. The highest BCUT2D eigenvalue weighted by atomic mass is 32.1. The normalized spacial score (nSPS) is 10.7. The quantitative estimate of drug-likeness (QED) is 0.143. The van der Waals surface area contributed by atoms with Gasteiger partial charge in [-0.1, -0.05) is 18.6 Å². The summed E-state index contributed by atoms with van der Waals surface area (Å²) in [6.45, 7) is 2.46. The van der Waals surface area contributed by atoms with Gasteiger partial charge in [-0.15, -0.1) is 11.3 Å². The maximum Gasteiger partial charge on any atom is 0.323 e. The lowest BCUT2D eigenvalue weighted by molar-refractivity contribution is -0.140. The molecular formula is C29H31N5O4S. The molecular weight excluding hydrogens is 514 g/mol. The summed E-state index contributed by atoms with van der Waals surface area (Å²) in [5, 5.41) is 9.53. The average Bonchev–Trinajstić information content (AvgIpc) is 3.33. The zero-order valence-electron chi connectivity index (χ0n) is 21.9. The lowest BCUT2D eigenvalue weighted by atomic mass is 10.1. The number of nitrogens with one attached hydrogen (secondary N) is 3. The Labute approximate surface area is 230 Å². The second-order valence-electron chi connectivity index (χ2n) is 9.11. The number of carbonyl (C=O) groups excluding carboxylic acids is 3. The second-order valence-corrected chi connectivity index (χ2v) is 10.2. The van der Waals surface area contributed by atoms with Crippen LogP contribution in [0.3, 0.4) is 0 Å². The van der Waals surface area contributed by atoms with E-state index >= 15 is 0 Å². The van der Waals surface area contributed by atoms with Crippen LogP contribution in [0.1, 0.15) is 41.6 Å². The van der Waals surface area contributed by atoms with Crippen LogP contribution in [0.2, 0.25) is 0 Å². The second kappa shape index (κ2) is 12.9. The van der Waals surface area contributed by atoms with Crippen LogP contribution >= 0.6 is 11.3 Å². The summed E-state index contributed by atoms with van der Waals surface area (Å²) < 4.78 is 5.64. The molecule has 3 amide bonds. The number of anilines is 3. The minimum Gasteiger partial charge on any atom is -0.469 e. The lowest BCUT2D eigenvalue weighted by Gasteiger charge is -2.08. The molecule has 0 aliphatic heterocycles. The fourth-order valence-electron chi connectivity index (χ4n) is 4.04. The first-order valence-corrected chi connectivity index (χ1v) is 13.4. The van der Waals surface area contributed by atoms with E-state index in [0.29, 0.717) is 35.6 Å². The summed E-state index contributed by atoms with van der Waals surface area (Å²) in [5.41, 5.74) is 9.70. The Morgan fingerprint density at radius 2 is 1.77 bits per heavy atom. The SMILES string of the molecule is COC(=O)CCCCCNC(=O)c1cnc(N)c(-c2cc3cc(NC(=O)Nc4cccc(C)c4)ccc3s2)c1. The standard InChI is InChI=1S/C29H31N5O4S/c1-18-7-6-8-21(13-18)33-29(37)34-22-10-11-24-19(14-22)16-25(39-24)23-15-20(17-32-27(23)30)28(36)31-12-5-3-4-9-26(35)38-2/h6-8,10-11,13-17H,3-5,9,12H2,1-2H3,(H2,30,32)(H,31,36)(H2,33,34,37). The van der Waals surface area contributed by atoms with E-state index in [-0.39, 0.29) is 17.9 Å². The largest absolute Gasteiger partial charge is 0.469 e. The van der Waals surface area contributed by atoms with Crippen molar-refractivity contribution >= 4 is 56.5 Å². The summed E-state index contributed by atoms with van der Waals surface area (Å²) in [6.07, 6.45) is 4.13. The third-order valence-corrected chi connectivity index (χ3v) is 7.22. The maximum absolute atomic E-state index is 12.7. The number of hydrogen-bond donors (Lipinski definition) is 4. The molecule has 2 aromatic heterocycles. The van der Waals surface area contributed by atoms with Gasteiger partial charge in [-0.25, -0.2) is 9.78 Å². The number of pyridine rings is 1. The Morgan fingerprint density at radius 3 is 2.54 bits per heavy atom. The Kier molecular flexibility index (Phi) is 9.11. The van der Waals surface area contributed by atoms with Gasteiger partial charge in [0.05, 0.1) is 12.7 Å². The highest BCUT2D eigenvalue weighted by molar-refractivity contribution is 7.22. The first-order chi connectivity index (χ1) is 18.8. The number of nitrogen functional groups attached to an aromatic ring is 1. The number of benzene rings is 2. The molecule has 0 saturated carbocycles. The van der Waals surface area contributed by atoms with Gasteiger partial charge in [0, 0.05) is 45.7 Å². The van der Waals surface area contributed by atoms with Gasteiger partial charge in [-0.2, -0.15) is 0 Å². The van der Waals surface area contributed by atoms with Crippen molar-refractivity contribution in [2.45, 2.75) is 32.6 Å². The number of rotatable bonds is 10. The molecule has 0 unspecified atom stereocenters. The number of unbranched alkanes of at least 4 members (excludes halogenated alkanes) is 2. The topological polar surface area (TPSA) is 135 Å². The highest BCUT2D eigenvalue weighted by Gasteiger charge is 2.14. The maximum atomic E-state index is 12.7. The first-order valence-electron chi connectivity index (χ1n) is 12.6. The van der Waals surface area contributed by atoms with Crippen molar-refractivity contribution in [1.82, 2.24) is 10.3 Å². The fourth-order valence-corrected chi connectivity index (χ4v) is 5.11. The lowest BCUT2D eigenvalue weighted by Crippen LogP contribution is -2.24. The van der Waals surface area contributed by atoms with Gasteiger partial charge in [-0.3, -0.25) is 9.59 Å². The van der Waals surface area contributed by atoms with Crippen LogP contribution in [0.4, 0.5) is 22.0 Å². The molecule has 4 aromatic rings. The van der Waals surface area contributed by atoms with Crippen LogP contribution in [0.5, 0.6) is 0 Å². The Balaban J connectivity index is 1.40. The number of esters is 1. The summed E-state index contributed by atoms with van der Waals surface area (Å²) in [7, 11) is 1.37. The molecule has 0 bridgehead atoms. The molecule has 0 fully saturated rings. The number of nitrogens with zero attached hydrogens (tertiary/aromatic N) is 1. The van der Waals surface area contributed by atoms with Gasteiger partial charge in [0.15, 0.2) is 0 Å². The van der Waals surface area contributed by atoms with Crippen LogP contribution in [0, 0.1) is 6.92 Å². The van der Waals surface area contributed by atoms with Crippen LogP contribution in [-0.4, -0.2) is 36.5 Å². The number of ether oxygens (including phenoxy) is 1. The molecule has 0 radical (unpaired) electrons. The number of amides is 3. The number of urea groups is 1. The first kappa shape index (κ1) is 27.6. The zero-order valence-corrected chi connectivity index (χ0v) is 22.7. The third-order valence-electron chi connectivity index (χ3n) is 6.07. The summed E-state index contributed by atoms with van der Waals surface area (Å²) in [4.78, 5) is 41.4. The molecule has 0 aliphatic rings. The average molecular weight is 546 g/mol. The van der Waals surface area contributed by atoms with Gasteiger partial charge >= 0.3 is 12.0 Å². The molecule has 39 heavy (non-hydrogen) atoms. The number of nitrogens with two attached hydrogens (primary N) is 1. The number of carbonyl (C=O) groups is 3. The van der Waals surface area contributed by atoms with Crippen molar-refractivity contribution in [3.63, 3.8) is 0 Å². The monoisotopic (exact) mass is 545 g/mol. The number of thiophene rings is 1. The summed E-state index contributed by atoms with van der Waals surface area (Å²) in [6, 6.07) is 16.6. The van der Waals surface area contributed by atoms with Gasteiger partial charge < -0.3 is 26.4 Å². The highest BCUT2D eigenvalue weighted by Crippen LogP contribution is 2.37. The van der Waals surface area contributed by atoms with Gasteiger partial charge in [0.25, 0.3) is 5.91 Å². The number of hydrogen-bond acceptors (Lipinski definition) is 7. The number of aryl methyl sites for hydroxylation is 1. The van der Waals surface area contributed by atoms with Crippen LogP contribution in [0.15, 0.2) is 60.8 Å². The molecule has 0 spiro atoms. The molecule has 0 aliphatic carbocycles.